The van der Waals surface area contributed by atoms with E-state index in [0.717, 1.165) is 0 Å². The van der Waals surface area contributed by atoms with Gasteiger partial charge >= 0.3 is 0 Å². The van der Waals surface area contributed by atoms with E-state index in [4.69, 9.17) is 5.11 Å². The van der Waals surface area contributed by atoms with Crippen molar-refractivity contribution in [3.05, 3.63) is 18.2 Å². The van der Waals surface area contributed by atoms with Gasteiger partial charge in [0, 0.05) is 0 Å². The van der Waals surface area contributed by atoms with Crippen molar-refractivity contribution in [2.75, 3.05) is 6.61 Å². The monoisotopic (exact) mass is 183 g/mol. The molecule has 1 rings (SSSR count). The van der Waals surface area contributed by atoms with Crippen LogP contribution in [0.15, 0.2) is 12.5 Å². The molecular formula is C8H13N3O2. The van der Waals surface area contributed by atoms with Crippen LogP contribution in [0.2, 0.25) is 0 Å². The number of aliphatic hydroxyl groups excluding tert-OH is 1. The van der Waals surface area contributed by atoms with Crippen LogP contribution < -0.4 is 5.32 Å². The SMILES string of the molecule is CC(C)(CO)NC(=O)c1cnc[nH]1. The zero-order chi connectivity index (χ0) is 9.90. The van der Waals surface area contributed by atoms with Gasteiger partial charge in [-0.2, -0.15) is 0 Å². The van der Waals surface area contributed by atoms with Gasteiger partial charge in [-0.15, -0.1) is 0 Å². The van der Waals surface area contributed by atoms with Crippen molar-refractivity contribution in [1.29, 1.82) is 0 Å². The minimum absolute atomic E-state index is 0.104. The van der Waals surface area contributed by atoms with Gasteiger partial charge in [-0.1, -0.05) is 0 Å². The molecule has 5 heteroatoms. The number of carbonyl (C=O) groups is 1. The van der Waals surface area contributed by atoms with Crippen molar-refractivity contribution in [1.82, 2.24) is 15.3 Å². The van der Waals surface area contributed by atoms with Crippen molar-refractivity contribution >= 4 is 5.91 Å². The third kappa shape index (κ3) is 2.55. The lowest BCUT2D eigenvalue weighted by atomic mass is 10.1. The first kappa shape index (κ1) is 9.73. The molecule has 3 N–H and O–H groups in total. The van der Waals surface area contributed by atoms with Crippen LogP contribution in [0.4, 0.5) is 0 Å². The smallest absolute Gasteiger partial charge is 0.269 e. The fourth-order valence-electron chi connectivity index (χ4n) is 0.794. The van der Waals surface area contributed by atoms with Crippen molar-refractivity contribution < 1.29 is 9.90 Å². The third-order valence-corrected chi connectivity index (χ3v) is 1.59. The molecule has 1 heterocycles. The number of amides is 1. The largest absolute Gasteiger partial charge is 0.394 e. The van der Waals surface area contributed by atoms with Gasteiger partial charge in [0.2, 0.25) is 0 Å². The van der Waals surface area contributed by atoms with Crippen molar-refractivity contribution in [3.8, 4) is 0 Å². The molecule has 1 amide bonds. The first-order valence-corrected chi connectivity index (χ1v) is 3.97. The Bertz CT molecular complexity index is 280. The van der Waals surface area contributed by atoms with E-state index >= 15 is 0 Å². The highest BCUT2D eigenvalue weighted by atomic mass is 16.3. The summed E-state index contributed by atoms with van der Waals surface area (Å²) in [5.74, 6) is -0.267. The number of carbonyl (C=O) groups excluding carboxylic acids is 1. The Morgan fingerprint density at radius 2 is 2.46 bits per heavy atom. The van der Waals surface area contributed by atoms with E-state index in [1.807, 2.05) is 0 Å². The Kier molecular flexibility index (Phi) is 2.67. The lowest BCUT2D eigenvalue weighted by Gasteiger charge is -2.22. The fraction of sp³-hybridized carbons (Fsp3) is 0.500. The van der Waals surface area contributed by atoms with E-state index in [2.05, 4.69) is 15.3 Å². The number of imidazole rings is 1. The summed E-state index contributed by atoms with van der Waals surface area (Å²) in [4.78, 5) is 17.8. The maximum atomic E-state index is 11.4. The van der Waals surface area contributed by atoms with Gasteiger partial charge in [-0.25, -0.2) is 4.98 Å². The molecule has 13 heavy (non-hydrogen) atoms. The predicted molar refractivity (Wildman–Crippen MR) is 47.2 cm³/mol. The van der Waals surface area contributed by atoms with Crippen molar-refractivity contribution in [3.63, 3.8) is 0 Å². The number of aliphatic hydroxyl groups is 1. The molecule has 0 aliphatic rings. The van der Waals surface area contributed by atoms with Gasteiger partial charge in [0.15, 0.2) is 0 Å². The molecule has 1 aromatic rings. The Labute approximate surface area is 76.2 Å². The molecule has 0 saturated carbocycles. The number of rotatable bonds is 3. The molecule has 0 spiro atoms. The quantitative estimate of drug-likeness (QED) is 0.612. The maximum absolute atomic E-state index is 11.4. The highest BCUT2D eigenvalue weighted by molar-refractivity contribution is 5.92. The predicted octanol–water partition coefficient (Wildman–Crippen LogP) is -0.0896. The third-order valence-electron chi connectivity index (χ3n) is 1.59. The van der Waals surface area contributed by atoms with Gasteiger partial charge in [-0.05, 0) is 13.8 Å². The molecule has 0 fully saturated rings. The number of aromatic nitrogens is 2. The van der Waals surface area contributed by atoms with E-state index < -0.39 is 5.54 Å². The highest BCUT2D eigenvalue weighted by Gasteiger charge is 2.20. The summed E-state index contributed by atoms with van der Waals surface area (Å²) in [6.45, 7) is 3.37. The number of nitrogens with zero attached hydrogens (tertiary/aromatic N) is 1. The van der Waals surface area contributed by atoms with E-state index in [9.17, 15) is 4.79 Å². The summed E-state index contributed by atoms with van der Waals surface area (Å²) in [7, 11) is 0. The average Bonchev–Trinajstić information content (AvgIpc) is 2.55. The molecule has 0 aliphatic carbocycles. The molecule has 1 aromatic heterocycles. The van der Waals surface area contributed by atoms with E-state index in [1.54, 1.807) is 13.8 Å². The molecular weight excluding hydrogens is 170 g/mol. The van der Waals surface area contributed by atoms with Crippen molar-refractivity contribution in [2.45, 2.75) is 19.4 Å². The zero-order valence-electron chi connectivity index (χ0n) is 7.66. The summed E-state index contributed by atoms with van der Waals surface area (Å²) < 4.78 is 0. The lowest BCUT2D eigenvalue weighted by Crippen LogP contribution is -2.46. The van der Waals surface area contributed by atoms with Crippen LogP contribution in [0, 0.1) is 0 Å². The second kappa shape index (κ2) is 3.57. The first-order chi connectivity index (χ1) is 6.05. The minimum Gasteiger partial charge on any atom is -0.394 e. The number of aromatic amines is 1. The summed E-state index contributed by atoms with van der Waals surface area (Å²) >= 11 is 0. The average molecular weight is 183 g/mol. The second-order valence-electron chi connectivity index (χ2n) is 3.46. The van der Waals surface area contributed by atoms with Gasteiger partial charge < -0.3 is 15.4 Å². The van der Waals surface area contributed by atoms with Gasteiger partial charge in [0.05, 0.1) is 24.7 Å². The molecule has 0 aromatic carbocycles. The molecule has 0 atom stereocenters. The molecule has 0 saturated heterocycles. The van der Waals surface area contributed by atoms with Crippen LogP contribution >= 0.6 is 0 Å². The minimum atomic E-state index is -0.609. The zero-order valence-corrected chi connectivity index (χ0v) is 7.66. The Morgan fingerprint density at radius 1 is 1.77 bits per heavy atom. The molecule has 72 valence electrons. The number of nitrogens with one attached hydrogen (secondary N) is 2. The molecule has 0 unspecified atom stereocenters. The summed E-state index contributed by atoms with van der Waals surface area (Å²) in [5, 5.41) is 11.5. The summed E-state index contributed by atoms with van der Waals surface area (Å²) in [6.07, 6.45) is 2.86. The van der Waals surface area contributed by atoms with Crippen LogP contribution in [-0.2, 0) is 0 Å². The molecule has 0 bridgehead atoms. The fourth-order valence-corrected chi connectivity index (χ4v) is 0.794. The number of hydrogen-bond acceptors (Lipinski definition) is 3. The summed E-state index contributed by atoms with van der Waals surface area (Å²) in [5.41, 5.74) is -0.219. The molecule has 5 nitrogen and oxygen atoms in total. The van der Waals surface area contributed by atoms with Crippen LogP contribution in [0.5, 0.6) is 0 Å². The Morgan fingerprint density at radius 3 is 2.92 bits per heavy atom. The van der Waals surface area contributed by atoms with E-state index in [-0.39, 0.29) is 12.5 Å². The summed E-state index contributed by atoms with van der Waals surface area (Å²) in [6, 6.07) is 0. The lowest BCUT2D eigenvalue weighted by molar-refractivity contribution is 0.0865. The topological polar surface area (TPSA) is 78.0 Å². The Hall–Kier alpha value is -1.36. The molecule has 0 radical (unpaired) electrons. The van der Waals surface area contributed by atoms with E-state index in [1.165, 1.54) is 12.5 Å². The normalized spacial score (nSPS) is 11.3. The van der Waals surface area contributed by atoms with Crippen LogP contribution in [0.1, 0.15) is 24.3 Å². The van der Waals surface area contributed by atoms with Gasteiger partial charge in [0.1, 0.15) is 5.69 Å². The van der Waals surface area contributed by atoms with Gasteiger partial charge in [-0.3, -0.25) is 4.79 Å². The first-order valence-electron chi connectivity index (χ1n) is 3.97. The highest BCUT2D eigenvalue weighted by Crippen LogP contribution is 2.01. The van der Waals surface area contributed by atoms with Gasteiger partial charge in [0.25, 0.3) is 5.91 Å². The molecule has 0 aliphatic heterocycles. The van der Waals surface area contributed by atoms with Crippen LogP contribution in [0.3, 0.4) is 0 Å². The number of H-pyrrole nitrogens is 1. The van der Waals surface area contributed by atoms with Crippen LogP contribution in [0.25, 0.3) is 0 Å². The van der Waals surface area contributed by atoms with E-state index in [0.29, 0.717) is 5.69 Å². The standard InChI is InChI=1S/C8H13N3O2/c1-8(2,4-12)11-7(13)6-3-9-5-10-6/h3,5,12H,4H2,1-2H3,(H,9,10)(H,11,13). The van der Waals surface area contributed by atoms with Crippen molar-refractivity contribution in [2.24, 2.45) is 0 Å². The number of hydrogen-bond donors (Lipinski definition) is 3. The van der Waals surface area contributed by atoms with Crippen LogP contribution in [-0.4, -0.2) is 33.1 Å². The second-order valence-corrected chi connectivity index (χ2v) is 3.46. The maximum Gasteiger partial charge on any atom is 0.269 e. The Balaban J connectivity index is 2.61.